The Morgan fingerprint density at radius 3 is 2.31 bits per heavy atom. The average Bonchev–Trinajstić information content (AvgIpc) is 2.55. The molecule has 3 rings (SSSR count). The monoisotopic (exact) mass is 376 g/mol. The molecule has 1 aliphatic heterocycles. The van der Waals surface area contributed by atoms with Crippen LogP contribution in [0.2, 0.25) is 0 Å². The molecule has 26 heavy (non-hydrogen) atoms. The third kappa shape index (κ3) is 3.42. The minimum Gasteiger partial charge on any atom is -0.487 e. The molecule has 0 aliphatic carbocycles. The molecular formula is C18H20N2O5S. The van der Waals surface area contributed by atoms with Crippen molar-refractivity contribution in [1.29, 1.82) is 0 Å². The summed E-state index contributed by atoms with van der Waals surface area (Å²) in [5.41, 5.74) is 1.06. The van der Waals surface area contributed by atoms with Crippen molar-refractivity contribution >= 4 is 15.8 Å². The third-order valence-corrected chi connectivity index (χ3v) is 6.34. The smallest absolute Gasteiger partial charge is 0.254 e. The molecule has 1 aromatic heterocycles. The van der Waals surface area contributed by atoms with Gasteiger partial charge in [0.05, 0.1) is 18.0 Å². The fraction of sp³-hybridized carbons (Fsp3) is 0.333. The topological polar surface area (TPSA) is 85.7 Å². The van der Waals surface area contributed by atoms with E-state index in [1.165, 1.54) is 46.1 Å². The summed E-state index contributed by atoms with van der Waals surface area (Å²) in [6.45, 7) is 3.66. The maximum absolute atomic E-state index is 12.6. The zero-order chi connectivity index (χ0) is 19.1. The summed E-state index contributed by atoms with van der Waals surface area (Å²) in [6, 6.07) is 9.02. The molecule has 0 radical (unpaired) electrons. The van der Waals surface area contributed by atoms with Crippen molar-refractivity contribution in [2.24, 2.45) is 7.05 Å². The van der Waals surface area contributed by atoms with Gasteiger partial charge in [-0.2, -0.15) is 4.31 Å². The number of benzene rings is 1. The minimum atomic E-state index is -3.62. The summed E-state index contributed by atoms with van der Waals surface area (Å²) >= 11 is 0. The lowest BCUT2D eigenvalue weighted by atomic mass is 10.2. The van der Waals surface area contributed by atoms with Crippen LogP contribution in [0.5, 0.6) is 5.75 Å². The highest BCUT2D eigenvalue weighted by molar-refractivity contribution is 7.89. The first-order valence-electron chi connectivity index (χ1n) is 8.14. The van der Waals surface area contributed by atoms with Crippen LogP contribution in [-0.4, -0.2) is 42.3 Å². The van der Waals surface area contributed by atoms with E-state index in [0.717, 1.165) is 5.69 Å². The normalized spacial score (nSPS) is 15.5. The predicted octanol–water partition coefficient (Wildman–Crippen LogP) is 1.35. The van der Waals surface area contributed by atoms with E-state index in [-0.39, 0.29) is 35.4 Å². The van der Waals surface area contributed by atoms with Gasteiger partial charge in [0.25, 0.3) is 5.56 Å². The average molecular weight is 376 g/mol. The second-order valence-electron chi connectivity index (χ2n) is 6.37. The molecule has 2 aromatic rings. The van der Waals surface area contributed by atoms with Crippen LogP contribution in [0.3, 0.4) is 0 Å². The number of hydrogen-bond acceptors (Lipinski definition) is 5. The van der Waals surface area contributed by atoms with E-state index in [2.05, 4.69) is 0 Å². The Bertz CT molecular complexity index is 1000. The highest BCUT2D eigenvalue weighted by atomic mass is 32.2. The molecule has 7 nitrogen and oxygen atoms in total. The van der Waals surface area contributed by atoms with Crippen LogP contribution in [-0.2, 0) is 17.1 Å². The highest BCUT2D eigenvalue weighted by Gasteiger charge is 2.38. The first-order chi connectivity index (χ1) is 12.2. The first-order valence-corrected chi connectivity index (χ1v) is 9.58. The molecule has 0 spiro atoms. The van der Waals surface area contributed by atoms with Gasteiger partial charge in [-0.05, 0) is 32.0 Å². The number of rotatable bonds is 5. The Labute approximate surface area is 151 Å². The van der Waals surface area contributed by atoms with E-state index in [9.17, 15) is 18.0 Å². The van der Waals surface area contributed by atoms with Crippen molar-refractivity contribution in [2.75, 3.05) is 13.1 Å². The number of ketones is 1. The third-order valence-electron chi connectivity index (χ3n) is 4.49. The number of sulfonamides is 1. The van der Waals surface area contributed by atoms with Crippen LogP contribution in [0.1, 0.15) is 23.0 Å². The molecule has 0 bridgehead atoms. The maximum atomic E-state index is 12.6. The number of carbonyl (C=O) groups is 1. The maximum Gasteiger partial charge on any atom is 0.254 e. The minimum absolute atomic E-state index is 0.115. The molecule has 2 heterocycles. The van der Waals surface area contributed by atoms with Crippen LogP contribution in [0.15, 0.2) is 46.1 Å². The van der Waals surface area contributed by atoms with E-state index >= 15 is 0 Å². The van der Waals surface area contributed by atoms with Crippen LogP contribution >= 0.6 is 0 Å². The fourth-order valence-electron chi connectivity index (χ4n) is 2.68. The van der Waals surface area contributed by atoms with E-state index in [1.54, 1.807) is 20.0 Å². The molecule has 0 amide bonds. The van der Waals surface area contributed by atoms with Crippen LogP contribution in [0.4, 0.5) is 0 Å². The molecule has 1 aliphatic rings. The SMILES string of the molecule is CC(=O)c1ccc(S(=O)(=O)N2CC(Oc3cc(C)n(C)c(=O)c3)C2)cc1. The van der Waals surface area contributed by atoms with E-state index in [4.69, 9.17) is 4.74 Å². The quantitative estimate of drug-likeness (QED) is 0.736. The van der Waals surface area contributed by atoms with Crippen molar-refractivity contribution in [3.05, 3.63) is 58.0 Å². The Hall–Kier alpha value is -2.45. The van der Waals surface area contributed by atoms with Gasteiger partial charge in [-0.25, -0.2) is 8.42 Å². The molecule has 0 unspecified atom stereocenters. The summed E-state index contributed by atoms with van der Waals surface area (Å²) < 4.78 is 33.7. The number of carbonyl (C=O) groups excluding carboxylic acids is 1. The number of aromatic nitrogens is 1. The van der Waals surface area contributed by atoms with Gasteiger partial charge < -0.3 is 9.30 Å². The largest absolute Gasteiger partial charge is 0.487 e. The van der Waals surface area contributed by atoms with Gasteiger partial charge >= 0.3 is 0 Å². The Morgan fingerprint density at radius 1 is 1.15 bits per heavy atom. The van der Waals surface area contributed by atoms with Gasteiger partial charge in [0.1, 0.15) is 11.9 Å². The van der Waals surface area contributed by atoms with E-state index in [1.807, 2.05) is 0 Å². The summed E-state index contributed by atoms with van der Waals surface area (Å²) in [7, 11) is -1.94. The summed E-state index contributed by atoms with van der Waals surface area (Å²) in [5, 5.41) is 0. The summed E-state index contributed by atoms with van der Waals surface area (Å²) in [4.78, 5) is 23.2. The van der Waals surface area contributed by atoms with Gasteiger partial charge in [0.2, 0.25) is 10.0 Å². The van der Waals surface area contributed by atoms with Crippen molar-refractivity contribution < 1.29 is 17.9 Å². The van der Waals surface area contributed by atoms with Crippen LogP contribution < -0.4 is 10.3 Å². The molecule has 0 saturated carbocycles. The highest BCUT2D eigenvalue weighted by Crippen LogP contribution is 2.25. The number of pyridine rings is 1. The Kier molecular flexibility index (Phi) is 4.72. The van der Waals surface area contributed by atoms with Gasteiger partial charge in [-0.1, -0.05) is 12.1 Å². The lowest BCUT2D eigenvalue weighted by molar-refractivity contribution is 0.0759. The second-order valence-corrected chi connectivity index (χ2v) is 8.31. The number of hydrogen-bond donors (Lipinski definition) is 0. The van der Waals surface area contributed by atoms with Gasteiger partial charge in [-0.3, -0.25) is 9.59 Å². The van der Waals surface area contributed by atoms with Gasteiger partial charge in [-0.15, -0.1) is 0 Å². The van der Waals surface area contributed by atoms with Gasteiger partial charge in [0.15, 0.2) is 5.78 Å². The Balaban J connectivity index is 1.67. The summed E-state index contributed by atoms with van der Waals surface area (Å²) in [6.07, 6.45) is -0.298. The fourth-order valence-corrected chi connectivity index (χ4v) is 4.18. The number of ether oxygens (including phenoxy) is 1. The van der Waals surface area contributed by atoms with Crippen molar-refractivity contribution in [1.82, 2.24) is 8.87 Å². The zero-order valence-corrected chi connectivity index (χ0v) is 15.6. The molecule has 1 saturated heterocycles. The Morgan fingerprint density at radius 2 is 1.77 bits per heavy atom. The number of aryl methyl sites for hydroxylation is 1. The van der Waals surface area contributed by atoms with Crippen molar-refractivity contribution in [2.45, 2.75) is 24.8 Å². The van der Waals surface area contributed by atoms with E-state index in [0.29, 0.717) is 11.3 Å². The van der Waals surface area contributed by atoms with Crippen LogP contribution in [0.25, 0.3) is 0 Å². The predicted molar refractivity (Wildman–Crippen MR) is 96.0 cm³/mol. The zero-order valence-electron chi connectivity index (χ0n) is 14.8. The summed E-state index contributed by atoms with van der Waals surface area (Å²) in [5.74, 6) is 0.328. The lowest BCUT2D eigenvalue weighted by Crippen LogP contribution is -2.56. The van der Waals surface area contributed by atoms with Crippen LogP contribution in [0, 0.1) is 6.92 Å². The molecule has 8 heteroatoms. The molecule has 1 fully saturated rings. The molecular weight excluding hydrogens is 356 g/mol. The number of nitrogens with zero attached hydrogens (tertiary/aromatic N) is 2. The van der Waals surface area contributed by atoms with Crippen molar-refractivity contribution in [3.8, 4) is 5.75 Å². The number of Topliss-reactive ketones (excluding diaryl/α,β-unsaturated/α-hetero) is 1. The molecule has 0 N–H and O–H groups in total. The molecule has 138 valence electrons. The second kappa shape index (κ2) is 6.69. The standard InChI is InChI=1S/C18H20N2O5S/c1-12-8-15(9-18(22)19(12)3)25-16-10-20(11-16)26(23,24)17-6-4-14(5-7-17)13(2)21/h4-9,16H,10-11H2,1-3H3. The molecule has 1 aromatic carbocycles. The molecule has 0 atom stereocenters. The van der Waals surface area contributed by atoms with E-state index < -0.39 is 10.0 Å². The van der Waals surface area contributed by atoms with Gasteiger partial charge in [0, 0.05) is 24.4 Å². The van der Waals surface area contributed by atoms with Crippen molar-refractivity contribution in [3.63, 3.8) is 0 Å². The first kappa shape index (κ1) is 18.3. The lowest BCUT2D eigenvalue weighted by Gasteiger charge is -2.37.